The molecule has 32 heavy (non-hydrogen) atoms. The second kappa shape index (κ2) is 8.53. The lowest BCUT2D eigenvalue weighted by atomic mass is 9.90. The third-order valence-electron chi connectivity index (χ3n) is 5.68. The lowest BCUT2D eigenvalue weighted by Gasteiger charge is -2.36. The molecule has 1 aromatic carbocycles. The summed E-state index contributed by atoms with van der Waals surface area (Å²) in [5, 5.41) is 7.63. The van der Waals surface area contributed by atoms with Crippen LogP contribution in [0.1, 0.15) is 57.0 Å². The molecule has 0 saturated carbocycles. The van der Waals surface area contributed by atoms with Crippen LogP contribution in [-0.2, 0) is 21.4 Å². The number of carbonyl (C=O) groups excluding carboxylic acids is 2. The summed E-state index contributed by atoms with van der Waals surface area (Å²) >= 11 is 0. The number of amides is 2. The summed E-state index contributed by atoms with van der Waals surface area (Å²) in [6.45, 7) is 8.33. The summed E-state index contributed by atoms with van der Waals surface area (Å²) in [5.41, 5.74) is 2.81. The summed E-state index contributed by atoms with van der Waals surface area (Å²) in [7, 11) is 0. The number of hydrogen-bond acceptors (Lipinski definition) is 5. The molecule has 0 fully saturated rings. The zero-order valence-corrected chi connectivity index (χ0v) is 18.9. The van der Waals surface area contributed by atoms with Gasteiger partial charge in [0.1, 0.15) is 5.82 Å². The molecule has 4 rings (SSSR count). The molecule has 0 bridgehead atoms. The van der Waals surface area contributed by atoms with Crippen LogP contribution in [0.15, 0.2) is 48.8 Å². The highest BCUT2D eigenvalue weighted by Gasteiger charge is 2.31. The molecule has 8 nitrogen and oxygen atoms in total. The maximum absolute atomic E-state index is 13.2. The van der Waals surface area contributed by atoms with E-state index in [1.54, 1.807) is 35.0 Å². The quantitative estimate of drug-likeness (QED) is 0.682. The van der Waals surface area contributed by atoms with Crippen molar-refractivity contribution in [1.82, 2.24) is 24.6 Å². The van der Waals surface area contributed by atoms with Crippen molar-refractivity contribution >= 4 is 17.6 Å². The van der Waals surface area contributed by atoms with Gasteiger partial charge < -0.3 is 10.2 Å². The molecular weight excluding hydrogens is 404 g/mol. The van der Waals surface area contributed by atoms with Crippen molar-refractivity contribution in [3.05, 3.63) is 65.6 Å². The lowest BCUT2D eigenvalue weighted by Crippen LogP contribution is -2.40. The van der Waals surface area contributed by atoms with Crippen molar-refractivity contribution in [1.29, 1.82) is 0 Å². The summed E-state index contributed by atoms with van der Waals surface area (Å²) in [5.74, 6) is 0.654. The van der Waals surface area contributed by atoms with E-state index >= 15 is 0 Å². The SMILES string of the molecule is CC(=O)N1CCc2ccccc2C1CC(=O)Nc1cc(C(C)(C)C)nn1-c1ncccn1. The molecule has 0 radical (unpaired) electrons. The summed E-state index contributed by atoms with van der Waals surface area (Å²) in [6.07, 6.45) is 4.22. The first kappa shape index (κ1) is 21.7. The van der Waals surface area contributed by atoms with Crippen LogP contribution < -0.4 is 5.32 Å². The van der Waals surface area contributed by atoms with E-state index in [0.29, 0.717) is 18.3 Å². The van der Waals surface area contributed by atoms with Gasteiger partial charge in [-0.15, -0.1) is 0 Å². The van der Waals surface area contributed by atoms with Gasteiger partial charge in [0.15, 0.2) is 0 Å². The number of anilines is 1. The first-order chi connectivity index (χ1) is 15.2. The minimum absolute atomic E-state index is 0.0324. The highest BCUT2D eigenvalue weighted by Crippen LogP contribution is 2.33. The van der Waals surface area contributed by atoms with Gasteiger partial charge in [-0.05, 0) is 23.6 Å². The van der Waals surface area contributed by atoms with Crippen LogP contribution in [0.3, 0.4) is 0 Å². The average Bonchev–Trinajstić information content (AvgIpc) is 3.18. The summed E-state index contributed by atoms with van der Waals surface area (Å²) in [4.78, 5) is 35.8. The highest BCUT2D eigenvalue weighted by atomic mass is 16.2. The van der Waals surface area contributed by atoms with E-state index in [4.69, 9.17) is 0 Å². The molecule has 166 valence electrons. The smallest absolute Gasteiger partial charge is 0.252 e. The molecule has 3 heterocycles. The Hall–Kier alpha value is -3.55. The molecule has 1 aliphatic heterocycles. The number of fused-ring (bicyclic) bond motifs is 1. The van der Waals surface area contributed by atoms with Crippen LogP contribution in [0.2, 0.25) is 0 Å². The van der Waals surface area contributed by atoms with Crippen molar-refractivity contribution in [2.45, 2.75) is 52.0 Å². The average molecular weight is 433 g/mol. The molecule has 2 amide bonds. The molecule has 3 aromatic rings. The molecule has 1 unspecified atom stereocenters. The Morgan fingerprint density at radius 1 is 1.12 bits per heavy atom. The molecule has 1 atom stereocenters. The topological polar surface area (TPSA) is 93.0 Å². The monoisotopic (exact) mass is 432 g/mol. The summed E-state index contributed by atoms with van der Waals surface area (Å²) in [6, 6.07) is 11.3. The first-order valence-corrected chi connectivity index (χ1v) is 10.8. The van der Waals surface area contributed by atoms with E-state index < -0.39 is 0 Å². The van der Waals surface area contributed by atoms with E-state index in [1.807, 2.05) is 24.3 Å². The number of aromatic nitrogens is 4. The molecule has 0 spiro atoms. The van der Waals surface area contributed by atoms with Gasteiger partial charge in [-0.2, -0.15) is 9.78 Å². The van der Waals surface area contributed by atoms with Crippen LogP contribution in [0.5, 0.6) is 0 Å². The molecule has 2 aromatic heterocycles. The second-order valence-corrected chi connectivity index (χ2v) is 9.05. The van der Waals surface area contributed by atoms with Gasteiger partial charge in [-0.3, -0.25) is 9.59 Å². The van der Waals surface area contributed by atoms with Gasteiger partial charge in [-0.25, -0.2) is 9.97 Å². The van der Waals surface area contributed by atoms with Gasteiger partial charge in [0.25, 0.3) is 5.95 Å². The predicted octanol–water partition coefficient (Wildman–Crippen LogP) is 3.43. The Balaban J connectivity index is 1.63. The van der Waals surface area contributed by atoms with Gasteiger partial charge in [-0.1, -0.05) is 45.0 Å². The van der Waals surface area contributed by atoms with Gasteiger partial charge >= 0.3 is 0 Å². The van der Waals surface area contributed by atoms with Crippen molar-refractivity contribution < 1.29 is 9.59 Å². The van der Waals surface area contributed by atoms with Gasteiger partial charge in [0.05, 0.1) is 18.2 Å². The fraction of sp³-hybridized carbons (Fsp3) is 0.375. The van der Waals surface area contributed by atoms with Crippen LogP contribution in [-0.4, -0.2) is 43.0 Å². The molecule has 8 heteroatoms. The normalized spacial score (nSPS) is 15.9. The number of rotatable bonds is 4. The minimum atomic E-state index is -0.302. The first-order valence-electron chi connectivity index (χ1n) is 10.8. The largest absolute Gasteiger partial charge is 0.335 e. The molecular formula is C24H28N6O2. The van der Waals surface area contributed by atoms with Crippen molar-refractivity contribution in [3.63, 3.8) is 0 Å². The van der Waals surface area contributed by atoms with E-state index in [2.05, 4.69) is 47.2 Å². The third-order valence-corrected chi connectivity index (χ3v) is 5.68. The second-order valence-electron chi connectivity index (χ2n) is 9.05. The minimum Gasteiger partial charge on any atom is -0.335 e. The Labute approximate surface area is 187 Å². The maximum Gasteiger partial charge on any atom is 0.252 e. The van der Waals surface area contributed by atoms with Crippen LogP contribution in [0, 0.1) is 0 Å². The maximum atomic E-state index is 13.2. The Morgan fingerprint density at radius 2 is 1.84 bits per heavy atom. The number of carbonyl (C=O) groups is 2. The number of nitrogens with one attached hydrogen (secondary N) is 1. The van der Waals surface area contributed by atoms with Crippen LogP contribution in [0.4, 0.5) is 5.82 Å². The molecule has 1 N–H and O–H groups in total. The number of nitrogens with zero attached hydrogens (tertiary/aromatic N) is 5. The summed E-state index contributed by atoms with van der Waals surface area (Å²) < 4.78 is 1.55. The fourth-order valence-corrected chi connectivity index (χ4v) is 4.01. The van der Waals surface area contributed by atoms with Crippen molar-refractivity contribution in [2.75, 3.05) is 11.9 Å². The van der Waals surface area contributed by atoms with Crippen LogP contribution in [0.25, 0.3) is 5.95 Å². The Morgan fingerprint density at radius 3 is 2.53 bits per heavy atom. The van der Waals surface area contributed by atoms with Crippen LogP contribution >= 0.6 is 0 Å². The number of benzene rings is 1. The fourth-order valence-electron chi connectivity index (χ4n) is 4.01. The predicted molar refractivity (Wildman–Crippen MR) is 121 cm³/mol. The van der Waals surface area contributed by atoms with E-state index in [1.165, 1.54) is 5.56 Å². The molecule has 1 aliphatic rings. The van der Waals surface area contributed by atoms with Crippen molar-refractivity contribution in [2.24, 2.45) is 0 Å². The van der Waals surface area contributed by atoms with Gasteiger partial charge in [0.2, 0.25) is 11.8 Å². The molecule has 0 aliphatic carbocycles. The van der Waals surface area contributed by atoms with E-state index in [9.17, 15) is 9.59 Å². The number of hydrogen-bond donors (Lipinski definition) is 1. The highest BCUT2D eigenvalue weighted by molar-refractivity contribution is 5.91. The Kier molecular flexibility index (Phi) is 5.78. The lowest BCUT2D eigenvalue weighted by molar-refractivity contribution is -0.132. The Bertz CT molecular complexity index is 1130. The van der Waals surface area contributed by atoms with E-state index in [0.717, 1.165) is 17.7 Å². The third kappa shape index (κ3) is 4.39. The van der Waals surface area contributed by atoms with Crippen molar-refractivity contribution in [3.8, 4) is 5.95 Å². The zero-order chi connectivity index (χ0) is 22.9. The zero-order valence-electron chi connectivity index (χ0n) is 18.9. The standard InChI is InChI=1S/C24H28N6O2/c1-16(31)29-13-10-17-8-5-6-9-18(17)19(29)14-22(32)27-21-15-20(24(2,3)4)28-30(21)23-25-11-7-12-26-23/h5-9,11-12,15,19H,10,13-14H2,1-4H3,(H,27,32). The molecule has 0 saturated heterocycles. The van der Waals surface area contributed by atoms with E-state index in [-0.39, 0.29) is 29.7 Å². The van der Waals surface area contributed by atoms with Gasteiger partial charge in [0, 0.05) is 37.3 Å².